The first-order valence-electron chi connectivity index (χ1n) is 4.24. The van der Waals surface area contributed by atoms with Crippen molar-refractivity contribution in [3.05, 3.63) is 33.9 Å². The number of halogens is 1. The lowest BCUT2D eigenvalue weighted by Gasteiger charge is -1.97. The van der Waals surface area contributed by atoms with Crippen molar-refractivity contribution in [3.8, 4) is 11.8 Å². The average Bonchev–Trinajstić information content (AvgIpc) is 2.20. The third-order valence-corrected chi connectivity index (χ3v) is 1.88. The van der Waals surface area contributed by atoms with E-state index in [2.05, 4.69) is 11.8 Å². The van der Waals surface area contributed by atoms with Crippen LogP contribution >= 0.6 is 11.6 Å². The maximum Gasteiger partial charge on any atom is 0.271 e. The van der Waals surface area contributed by atoms with Crippen LogP contribution in [0, 0.1) is 22.0 Å². The summed E-state index contributed by atoms with van der Waals surface area (Å²) in [5.41, 5.74) is 6.47. The molecular formula is C10H9ClN2O2. The number of nitrogens with two attached hydrogens (primary N) is 1. The van der Waals surface area contributed by atoms with E-state index in [9.17, 15) is 10.1 Å². The Morgan fingerprint density at radius 2 is 2.27 bits per heavy atom. The molecular weight excluding hydrogens is 216 g/mol. The second-order valence-corrected chi connectivity index (χ2v) is 3.15. The Labute approximate surface area is 92.2 Å². The molecule has 1 aromatic carbocycles. The summed E-state index contributed by atoms with van der Waals surface area (Å²) in [6.07, 6.45) is 0.567. The summed E-state index contributed by atoms with van der Waals surface area (Å²) in [5, 5.41) is 10.4. The highest BCUT2D eigenvalue weighted by molar-refractivity contribution is 6.18. The Morgan fingerprint density at radius 3 is 2.80 bits per heavy atom. The van der Waals surface area contributed by atoms with Gasteiger partial charge in [-0.3, -0.25) is 10.1 Å². The zero-order chi connectivity index (χ0) is 11.3. The number of anilines is 1. The van der Waals surface area contributed by atoms with Crippen LogP contribution in [0.15, 0.2) is 18.2 Å². The molecule has 0 aliphatic heterocycles. The van der Waals surface area contributed by atoms with Crippen LogP contribution in [0.1, 0.15) is 12.0 Å². The molecule has 1 rings (SSSR count). The molecule has 5 heteroatoms. The number of benzene rings is 1. The molecule has 0 fully saturated rings. The molecule has 0 bridgehead atoms. The molecule has 1 aromatic rings. The highest BCUT2D eigenvalue weighted by Crippen LogP contribution is 2.18. The van der Waals surface area contributed by atoms with Crippen molar-refractivity contribution in [2.75, 3.05) is 11.6 Å². The Morgan fingerprint density at radius 1 is 1.53 bits per heavy atom. The lowest BCUT2D eigenvalue weighted by atomic mass is 10.1. The molecule has 0 unspecified atom stereocenters. The average molecular weight is 225 g/mol. The topological polar surface area (TPSA) is 69.2 Å². The normalized spacial score (nSPS) is 9.13. The predicted molar refractivity (Wildman–Crippen MR) is 59.7 cm³/mol. The first kappa shape index (κ1) is 11.3. The van der Waals surface area contributed by atoms with Gasteiger partial charge in [0.25, 0.3) is 5.69 Å². The molecule has 0 aliphatic rings. The fraction of sp³-hybridized carbons (Fsp3) is 0.200. The predicted octanol–water partition coefficient (Wildman–Crippen LogP) is 2.16. The van der Waals surface area contributed by atoms with E-state index in [1.807, 2.05) is 0 Å². The molecule has 0 heterocycles. The second-order valence-electron chi connectivity index (χ2n) is 2.77. The van der Waals surface area contributed by atoms with Crippen LogP contribution < -0.4 is 5.73 Å². The van der Waals surface area contributed by atoms with Gasteiger partial charge in [-0.25, -0.2) is 0 Å². The summed E-state index contributed by atoms with van der Waals surface area (Å²) < 4.78 is 0. The molecule has 0 radical (unpaired) electrons. The largest absolute Gasteiger partial charge is 0.398 e. The van der Waals surface area contributed by atoms with E-state index in [1.54, 1.807) is 0 Å². The number of non-ortho nitro benzene ring substituents is 1. The molecule has 0 aliphatic carbocycles. The monoisotopic (exact) mass is 224 g/mol. The van der Waals surface area contributed by atoms with Crippen LogP contribution in [0.5, 0.6) is 0 Å². The van der Waals surface area contributed by atoms with Crippen molar-refractivity contribution in [1.82, 2.24) is 0 Å². The number of nitrogens with zero attached hydrogens (tertiary/aromatic N) is 1. The molecule has 0 saturated carbocycles. The minimum absolute atomic E-state index is 0.0320. The van der Waals surface area contributed by atoms with E-state index in [0.29, 0.717) is 23.6 Å². The fourth-order valence-electron chi connectivity index (χ4n) is 0.982. The first-order chi connectivity index (χ1) is 7.15. The molecule has 15 heavy (non-hydrogen) atoms. The summed E-state index contributed by atoms with van der Waals surface area (Å²) in [5.74, 6) is 6.07. The zero-order valence-electron chi connectivity index (χ0n) is 7.87. The van der Waals surface area contributed by atoms with Crippen molar-refractivity contribution < 1.29 is 4.92 Å². The van der Waals surface area contributed by atoms with Gasteiger partial charge in [0.1, 0.15) is 0 Å². The van der Waals surface area contributed by atoms with E-state index < -0.39 is 4.92 Å². The Hall–Kier alpha value is -1.73. The van der Waals surface area contributed by atoms with Crippen LogP contribution in [-0.4, -0.2) is 10.8 Å². The molecule has 4 nitrogen and oxygen atoms in total. The number of hydrogen-bond donors (Lipinski definition) is 1. The van der Waals surface area contributed by atoms with Crippen LogP contribution in [0.2, 0.25) is 0 Å². The van der Waals surface area contributed by atoms with E-state index in [-0.39, 0.29) is 5.69 Å². The van der Waals surface area contributed by atoms with Gasteiger partial charge in [0, 0.05) is 30.0 Å². The molecule has 0 aromatic heterocycles. The van der Waals surface area contributed by atoms with Gasteiger partial charge in [0.2, 0.25) is 0 Å². The highest BCUT2D eigenvalue weighted by Gasteiger charge is 2.06. The van der Waals surface area contributed by atoms with Crippen molar-refractivity contribution in [3.63, 3.8) is 0 Å². The van der Waals surface area contributed by atoms with E-state index >= 15 is 0 Å². The van der Waals surface area contributed by atoms with Crippen molar-refractivity contribution in [2.45, 2.75) is 6.42 Å². The number of hydrogen-bond acceptors (Lipinski definition) is 3. The lowest BCUT2D eigenvalue weighted by molar-refractivity contribution is -0.384. The van der Waals surface area contributed by atoms with Gasteiger partial charge in [0.05, 0.1) is 10.6 Å². The summed E-state index contributed by atoms with van der Waals surface area (Å²) in [7, 11) is 0. The van der Waals surface area contributed by atoms with Gasteiger partial charge in [-0.05, 0) is 6.07 Å². The number of alkyl halides is 1. The van der Waals surface area contributed by atoms with Crippen molar-refractivity contribution in [1.29, 1.82) is 0 Å². The molecule has 0 saturated heterocycles. The van der Waals surface area contributed by atoms with Gasteiger partial charge in [0.15, 0.2) is 0 Å². The minimum Gasteiger partial charge on any atom is -0.398 e. The molecule has 0 atom stereocenters. The van der Waals surface area contributed by atoms with Crippen LogP contribution in [0.4, 0.5) is 11.4 Å². The lowest BCUT2D eigenvalue weighted by Crippen LogP contribution is -1.94. The summed E-state index contributed by atoms with van der Waals surface area (Å²) in [6.45, 7) is 0. The van der Waals surface area contributed by atoms with E-state index in [0.717, 1.165) is 0 Å². The highest BCUT2D eigenvalue weighted by atomic mass is 35.5. The van der Waals surface area contributed by atoms with E-state index in [1.165, 1.54) is 18.2 Å². The third kappa shape index (κ3) is 3.15. The molecule has 0 amide bonds. The Balaban J connectivity index is 2.95. The van der Waals surface area contributed by atoms with Crippen LogP contribution in [0.25, 0.3) is 0 Å². The van der Waals surface area contributed by atoms with Gasteiger partial charge < -0.3 is 5.73 Å². The van der Waals surface area contributed by atoms with Crippen molar-refractivity contribution in [2.24, 2.45) is 0 Å². The number of nitrogen functional groups attached to an aromatic ring is 1. The maximum absolute atomic E-state index is 10.4. The minimum atomic E-state index is -0.494. The van der Waals surface area contributed by atoms with Gasteiger partial charge in [-0.15, -0.1) is 11.6 Å². The van der Waals surface area contributed by atoms with Crippen LogP contribution in [0.3, 0.4) is 0 Å². The third-order valence-electron chi connectivity index (χ3n) is 1.69. The summed E-state index contributed by atoms with van der Waals surface area (Å²) in [4.78, 5) is 9.93. The maximum atomic E-state index is 10.4. The smallest absolute Gasteiger partial charge is 0.271 e. The van der Waals surface area contributed by atoms with Gasteiger partial charge in [-0.2, -0.15) is 0 Å². The first-order valence-corrected chi connectivity index (χ1v) is 4.77. The number of rotatable bonds is 2. The number of nitro benzene ring substituents is 1. The second kappa shape index (κ2) is 5.23. The Kier molecular flexibility index (Phi) is 3.95. The molecule has 78 valence electrons. The fourth-order valence-corrected chi connectivity index (χ4v) is 1.08. The summed E-state index contributed by atoms with van der Waals surface area (Å²) in [6, 6.07) is 4.21. The number of nitro groups is 1. The Bertz CT molecular complexity index is 435. The zero-order valence-corrected chi connectivity index (χ0v) is 8.62. The molecule has 2 N–H and O–H groups in total. The molecule has 0 spiro atoms. The van der Waals surface area contributed by atoms with Crippen LogP contribution in [-0.2, 0) is 0 Å². The summed E-state index contributed by atoms with van der Waals surface area (Å²) >= 11 is 5.45. The van der Waals surface area contributed by atoms with Gasteiger partial charge >= 0.3 is 0 Å². The quantitative estimate of drug-likeness (QED) is 0.275. The standard InChI is InChI=1S/C10H9ClN2O2/c11-6-2-1-3-8-4-5-9(13(14)15)7-10(8)12/h4-5,7H,2,6,12H2. The van der Waals surface area contributed by atoms with E-state index in [4.69, 9.17) is 17.3 Å². The van der Waals surface area contributed by atoms with Crippen molar-refractivity contribution >= 4 is 23.0 Å². The van der Waals surface area contributed by atoms with Gasteiger partial charge in [-0.1, -0.05) is 11.8 Å². The SMILES string of the molecule is Nc1cc([N+](=O)[O-])ccc1C#CCCCl.